The highest BCUT2D eigenvalue weighted by Gasteiger charge is 2.12. The van der Waals surface area contributed by atoms with Crippen LogP contribution in [0.1, 0.15) is 44.9 Å². The molecule has 0 spiro atoms. The molecule has 1 aromatic carbocycles. The van der Waals surface area contributed by atoms with Gasteiger partial charge in [0.25, 0.3) is 0 Å². The highest BCUT2D eigenvalue weighted by molar-refractivity contribution is 5.85. The number of amides is 1. The molecule has 1 rings (SSSR count). The molecule has 0 saturated heterocycles. The molecule has 3 nitrogen and oxygen atoms in total. The summed E-state index contributed by atoms with van der Waals surface area (Å²) in [5.41, 5.74) is 0.756. The second-order valence-corrected chi connectivity index (χ2v) is 4.97. The highest BCUT2D eigenvalue weighted by Crippen LogP contribution is 2.15. The number of unbranched alkanes of at least 4 members (excludes halogenated alkanes) is 6. The molecule has 0 aromatic heterocycles. The SMILES string of the molecule is C=CCCCCCCCCN(C(=O)O)c1ccccc1. The first kappa shape index (κ1) is 16.3. The molecule has 110 valence electrons. The van der Waals surface area contributed by atoms with Gasteiger partial charge in [0, 0.05) is 12.2 Å². The second-order valence-electron chi connectivity index (χ2n) is 4.97. The van der Waals surface area contributed by atoms with E-state index in [1.54, 1.807) is 0 Å². The van der Waals surface area contributed by atoms with Crippen molar-refractivity contribution in [2.75, 3.05) is 11.4 Å². The van der Waals surface area contributed by atoms with Crippen molar-refractivity contribution in [1.29, 1.82) is 0 Å². The lowest BCUT2D eigenvalue weighted by Crippen LogP contribution is -2.30. The Morgan fingerprint density at radius 3 is 2.25 bits per heavy atom. The van der Waals surface area contributed by atoms with Crippen molar-refractivity contribution in [3.8, 4) is 0 Å². The predicted molar refractivity (Wildman–Crippen MR) is 84.3 cm³/mol. The minimum Gasteiger partial charge on any atom is -0.465 e. The quantitative estimate of drug-likeness (QED) is 0.477. The second kappa shape index (κ2) is 10.1. The summed E-state index contributed by atoms with van der Waals surface area (Å²) in [5.74, 6) is 0. The van der Waals surface area contributed by atoms with Gasteiger partial charge < -0.3 is 5.11 Å². The lowest BCUT2D eigenvalue weighted by Gasteiger charge is -2.19. The van der Waals surface area contributed by atoms with E-state index in [0.29, 0.717) is 6.54 Å². The van der Waals surface area contributed by atoms with Crippen molar-refractivity contribution in [1.82, 2.24) is 0 Å². The van der Waals surface area contributed by atoms with Gasteiger partial charge in [-0.15, -0.1) is 6.58 Å². The molecule has 0 heterocycles. The van der Waals surface area contributed by atoms with Crippen LogP contribution in [0, 0.1) is 0 Å². The van der Waals surface area contributed by atoms with Crippen LogP contribution in [0.5, 0.6) is 0 Å². The van der Waals surface area contributed by atoms with Crippen LogP contribution in [0.15, 0.2) is 43.0 Å². The fourth-order valence-corrected chi connectivity index (χ4v) is 2.21. The molecule has 0 radical (unpaired) electrons. The van der Waals surface area contributed by atoms with Gasteiger partial charge in [0.05, 0.1) is 0 Å². The van der Waals surface area contributed by atoms with Gasteiger partial charge in [0.15, 0.2) is 0 Å². The minimum absolute atomic E-state index is 0.575. The van der Waals surface area contributed by atoms with Crippen LogP contribution in [-0.2, 0) is 0 Å². The van der Waals surface area contributed by atoms with Crippen LogP contribution in [0.3, 0.4) is 0 Å². The maximum absolute atomic E-state index is 11.3. The van der Waals surface area contributed by atoms with Crippen molar-refractivity contribution in [3.63, 3.8) is 0 Å². The Balaban J connectivity index is 2.21. The van der Waals surface area contributed by atoms with Gasteiger partial charge in [-0.25, -0.2) is 4.79 Å². The lowest BCUT2D eigenvalue weighted by atomic mass is 10.1. The van der Waals surface area contributed by atoms with Crippen molar-refractivity contribution < 1.29 is 9.90 Å². The molecular weight excluding hydrogens is 250 g/mol. The van der Waals surface area contributed by atoms with E-state index >= 15 is 0 Å². The van der Waals surface area contributed by atoms with Crippen LogP contribution in [0.4, 0.5) is 10.5 Å². The summed E-state index contributed by atoms with van der Waals surface area (Å²) in [6.45, 7) is 4.29. The fourth-order valence-electron chi connectivity index (χ4n) is 2.21. The first-order valence-corrected chi connectivity index (χ1v) is 7.42. The molecule has 1 amide bonds. The summed E-state index contributed by atoms with van der Waals surface area (Å²) in [4.78, 5) is 12.7. The maximum atomic E-state index is 11.3. The number of rotatable bonds is 10. The third kappa shape index (κ3) is 6.41. The average molecular weight is 275 g/mol. The van der Waals surface area contributed by atoms with Gasteiger partial charge in [0.1, 0.15) is 0 Å². The largest absolute Gasteiger partial charge is 0.465 e. The molecule has 0 aliphatic heterocycles. The Morgan fingerprint density at radius 1 is 1.05 bits per heavy atom. The summed E-state index contributed by atoms with van der Waals surface area (Å²) < 4.78 is 0. The molecule has 0 unspecified atom stereocenters. The Labute approximate surface area is 121 Å². The third-order valence-electron chi connectivity index (χ3n) is 3.34. The van der Waals surface area contributed by atoms with Crippen LogP contribution < -0.4 is 4.90 Å². The van der Waals surface area contributed by atoms with Crippen molar-refractivity contribution in [2.45, 2.75) is 44.9 Å². The van der Waals surface area contributed by atoms with E-state index in [2.05, 4.69) is 6.58 Å². The summed E-state index contributed by atoms with van der Waals surface area (Å²) in [6.07, 6.45) is 9.06. The summed E-state index contributed by atoms with van der Waals surface area (Å²) in [5, 5.41) is 9.24. The number of hydrogen-bond donors (Lipinski definition) is 1. The lowest BCUT2D eigenvalue weighted by molar-refractivity contribution is 0.201. The first-order chi connectivity index (χ1) is 9.75. The Kier molecular flexibility index (Phi) is 8.20. The molecule has 0 aliphatic rings. The van der Waals surface area contributed by atoms with E-state index in [1.807, 2.05) is 36.4 Å². The zero-order valence-electron chi connectivity index (χ0n) is 12.1. The van der Waals surface area contributed by atoms with E-state index in [-0.39, 0.29) is 0 Å². The highest BCUT2D eigenvalue weighted by atomic mass is 16.4. The number of carboxylic acid groups (broad SMARTS) is 1. The molecule has 0 atom stereocenters. The molecule has 1 N–H and O–H groups in total. The van der Waals surface area contributed by atoms with E-state index in [9.17, 15) is 9.90 Å². The smallest absolute Gasteiger partial charge is 0.411 e. The number of allylic oxidation sites excluding steroid dienone is 1. The van der Waals surface area contributed by atoms with Gasteiger partial charge >= 0.3 is 6.09 Å². The zero-order valence-corrected chi connectivity index (χ0v) is 12.1. The van der Waals surface area contributed by atoms with E-state index in [1.165, 1.54) is 30.6 Å². The minimum atomic E-state index is -0.873. The molecule has 0 aliphatic carbocycles. The molecule has 1 aromatic rings. The van der Waals surface area contributed by atoms with Crippen LogP contribution in [-0.4, -0.2) is 17.7 Å². The monoisotopic (exact) mass is 275 g/mol. The molecule has 20 heavy (non-hydrogen) atoms. The van der Waals surface area contributed by atoms with Crippen molar-refractivity contribution in [3.05, 3.63) is 43.0 Å². The molecule has 0 saturated carbocycles. The van der Waals surface area contributed by atoms with Gasteiger partial charge in [0.2, 0.25) is 0 Å². The maximum Gasteiger partial charge on any atom is 0.411 e. The molecule has 0 bridgehead atoms. The van der Waals surface area contributed by atoms with E-state index < -0.39 is 6.09 Å². The molecule has 3 heteroatoms. The number of anilines is 1. The zero-order chi connectivity index (χ0) is 14.6. The number of para-hydroxylation sites is 1. The Hall–Kier alpha value is -1.77. The van der Waals surface area contributed by atoms with E-state index in [4.69, 9.17) is 0 Å². The van der Waals surface area contributed by atoms with Crippen LogP contribution in [0.25, 0.3) is 0 Å². The number of nitrogens with zero attached hydrogens (tertiary/aromatic N) is 1. The standard InChI is InChI=1S/C17H25NO2/c1-2-3-4-5-6-7-8-12-15-18(17(19)20)16-13-10-9-11-14-16/h2,9-11,13-14H,1,3-8,12,15H2,(H,19,20). The summed E-state index contributed by atoms with van der Waals surface area (Å²) >= 11 is 0. The van der Waals surface area contributed by atoms with Crippen molar-refractivity contribution >= 4 is 11.8 Å². The van der Waals surface area contributed by atoms with Gasteiger partial charge in [-0.1, -0.05) is 50.0 Å². The first-order valence-electron chi connectivity index (χ1n) is 7.42. The number of benzene rings is 1. The van der Waals surface area contributed by atoms with Crippen LogP contribution in [0.2, 0.25) is 0 Å². The van der Waals surface area contributed by atoms with Crippen LogP contribution >= 0.6 is 0 Å². The van der Waals surface area contributed by atoms with Gasteiger partial charge in [-0.05, 0) is 31.4 Å². The Morgan fingerprint density at radius 2 is 1.65 bits per heavy atom. The van der Waals surface area contributed by atoms with Crippen molar-refractivity contribution in [2.24, 2.45) is 0 Å². The number of hydrogen-bond acceptors (Lipinski definition) is 1. The average Bonchev–Trinajstić information content (AvgIpc) is 2.46. The fraction of sp³-hybridized carbons (Fsp3) is 0.471. The van der Waals surface area contributed by atoms with E-state index in [0.717, 1.165) is 24.9 Å². The molecular formula is C17H25NO2. The van der Waals surface area contributed by atoms with Gasteiger partial charge in [-0.3, -0.25) is 4.90 Å². The summed E-state index contributed by atoms with van der Waals surface area (Å²) in [7, 11) is 0. The Bertz CT molecular complexity index is 389. The summed E-state index contributed by atoms with van der Waals surface area (Å²) in [6, 6.07) is 9.30. The normalized spacial score (nSPS) is 10.2. The topological polar surface area (TPSA) is 40.5 Å². The van der Waals surface area contributed by atoms with Gasteiger partial charge in [-0.2, -0.15) is 0 Å². The molecule has 0 fully saturated rings. The number of carbonyl (C=O) groups is 1. The predicted octanol–water partition coefficient (Wildman–Crippen LogP) is 5.09. The third-order valence-corrected chi connectivity index (χ3v) is 3.34.